The zero-order valence-corrected chi connectivity index (χ0v) is 18.2. The molecule has 1 N–H and O–H groups in total. The minimum Gasteiger partial charge on any atom is -0.491 e. The number of benzene rings is 2. The van der Waals surface area contributed by atoms with Gasteiger partial charge in [0, 0.05) is 18.7 Å². The zero-order chi connectivity index (χ0) is 21.2. The van der Waals surface area contributed by atoms with Gasteiger partial charge in [-0.25, -0.2) is 9.78 Å². The fourth-order valence-electron chi connectivity index (χ4n) is 4.69. The van der Waals surface area contributed by atoms with Crippen molar-refractivity contribution in [2.45, 2.75) is 45.6 Å². The second-order valence-electron chi connectivity index (χ2n) is 8.68. The van der Waals surface area contributed by atoms with Gasteiger partial charge in [0.25, 0.3) is 0 Å². The van der Waals surface area contributed by atoms with E-state index in [0.717, 1.165) is 65.2 Å². The number of imidazole rings is 1. The Morgan fingerprint density at radius 1 is 0.935 bits per heavy atom. The Balaban J connectivity index is 1.39. The van der Waals surface area contributed by atoms with Gasteiger partial charge < -0.3 is 19.5 Å². The summed E-state index contributed by atoms with van der Waals surface area (Å²) in [7, 11) is 0. The number of rotatable bonds is 1. The highest BCUT2D eigenvalue weighted by atomic mass is 16.5. The maximum atomic E-state index is 13.3. The summed E-state index contributed by atoms with van der Waals surface area (Å²) in [6.45, 7) is 5.45. The van der Waals surface area contributed by atoms with Gasteiger partial charge in [0.15, 0.2) is 0 Å². The van der Waals surface area contributed by atoms with Crippen LogP contribution in [-0.4, -0.2) is 52.0 Å². The highest BCUT2D eigenvalue weighted by molar-refractivity contribution is 5.82. The number of carbonyl (C=O) groups is 1. The van der Waals surface area contributed by atoms with Gasteiger partial charge in [-0.15, -0.1) is 0 Å². The van der Waals surface area contributed by atoms with Crippen LogP contribution in [0.15, 0.2) is 36.4 Å². The van der Waals surface area contributed by atoms with Gasteiger partial charge in [-0.2, -0.15) is 0 Å². The molecule has 0 aliphatic carbocycles. The van der Waals surface area contributed by atoms with Crippen molar-refractivity contribution in [3.8, 4) is 16.9 Å². The molecule has 2 aliphatic rings. The molecule has 6 nitrogen and oxygen atoms in total. The molecule has 1 fully saturated rings. The number of hydrogen-bond acceptors (Lipinski definition) is 3. The first-order valence-corrected chi connectivity index (χ1v) is 11.4. The lowest BCUT2D eigenvalue weighted by Crippen LogP contribution is -2.44. The molecule has 1 aromatic heterocycles. The average Bonchev–Trinajstić information content (AvgIpc) is 2.98. The molecular weight excluding hydrogens is 388 g/mol. The Hall–Kier alpha value is -3.02. The summed E-state index contributed by atoms with van der Waals surface area (Å²) in [4.78, 5) is 25.1. The number of H-pyrrole nitrogens is 1. The quantitative estimate of drug-likeness (QED) is 0.597. The van der Waals surface area contributed by atoms with E-state index >= 15 is 0 Å². The minimum atomic E-state index is 0.151. The van der Waals surface area contributed by atoms with Crippen LogP contribution in [0.25, 0.3) is 22.2 Å². The first-order valence-electron chi connectivity index (χ1n) is 11.4. The highest BCUT2D eigenvalue weighted by Gasteiger charge is 2.25. The van der Waals surface area contributed by atoms with E-state index in [2.05, 4.69) is 34.2 Å². The molecule has 0 saturated carbocycles. The molecule has 5 rings (SSSR count). The van der Waals surface area contributed by atoms with Crippen molar-refractivity contribution in [2.24, 2.45) is 0 Å². The lowest BCUT2D eigenvalue weighted by atomic mass is 10.0. The molecule has 0 unspecified atom stereocenters. The molecule has 1 saturated heterocycles. The van der Waals surface area contributed by atoms with Crippen LogP contribution in [0.5, 0.6) is 5.75 Å². The molecule has 0 radical (unpaired) electrons. The third kappa shape index (κ3) is 4.24. The Kier molecular flexibility index (Phi) is 5.53. The molecule has 2 aliphatic heterocycles. The number of likely N-dealkylation sites (tertiary alicyclic amines) is 1. The molecule has 0 bridgehead atoms. The maximum absolute atomic E-state index is 13.3. The topological polar surface area (TPSA) is 61.5 Å². The average molecular weight is 419 g/mol. The summed E-state index contributed by atoms with van der Waals surface area (Å²) in [5, 5.41) is 0. The number of aromatic nitrogens is 2. The summed E-state index contributed by atoms with van der Waals surface area (Å²) in [6.07, 6.45) is 5.94. The van der Waals surface area contributed by atoms with Gasteiger partial charge in [0.2, 0.25) is 0 Å². The molecule has 31 heavy (non-hydrogen) atoms. The smallest absolute Gasteiger partial charge is 0.320 e. The number of nitrogens with zero attached hydrogens (tertiary/aromatic N) is 3. The molecule has 0 atom stereocenters. The van der Waals surface area contributed by atoms with Gasteiger partial charge in [-0.1, -0.05) is 31.4 Å². The standard InChI is InChI=1S/C25H30N4O2/c1-18-26-22-9-7-20(16-23(22)27-18)19-8-10-24-21(15-19)17-29(13-14-31-24)25(30)28-11-5-3-2-4-6-12-28/h7-10,15-16H,2-6,11-14,17H2,1H3,(H,26,27). The third-order valence-corrected chi connectivity index (χ3v) is 6.37. The lowest BCUT2D eigenvalue weighted by Gasteiger charge is -2.31. The van der Waals surface area contributed by atoms with Crippen LogP contribution in [0.4, 0.5) is 4.79 Å². The minimum absolute atomic E-state index is 0.151. The fraction of sp³-hybridized carbons (Fsp3) is 0.440. The number of carbonyl (C=O) groups excluding carboxylic acids is 1. The Morgan fingerprint density at radius 3 is 2.52 bits per heavy atom. The van der Waals surface area contributed by atoms with Crippen molar-refractivity contribution in [1.82, 2.24) is 19.8 Å². The number of aromatic amines is 1. The Morgan fingerprint density at radius 2 is 1.68 bits per heavy atom. The number of ether oxygens (including phenoxy) is 1. The van der Waals surface area contributed by atoms with E-state index in [4.69, 9.17) is 4.74 Å². The van der Waals surface area contributed by atoms with E-state index in [9.17, 15) is 4.79 Å². The molecule has 162 valence electrons. The number of amides is 2. The largest absolute Gasteiger partial charge is 0.491 e. The van der Waals surface area contributed by atoms with Crippen molar-refractivity contribution in [3.63, 3.8) is 0 Å². The number of urea groups is 1. The van der Waals surface area contributed by atoms with Crippen molar-refractivity contribution < 1.29 is 9.53 Å². The first kappa shape index (κ1) is 19.9. The van der Waals surface area contributed by atoms with Gasteiger partial charge >= 0.3 is 6.03 Å². The number of fused-ring (bicyclic) bond motifs is 2. The second kappa shape index (κ2) is 8.61. The van der Waals surface area contributed by atoms with Crippen LogP contribution in [0.1, 0.15) is 43.5 Å². The normalized spacial score (nSPS) is 17.5. The highest BCUT2D eigenvalue weighted by Crippen LogP contribution is 2.31. The van der Waals surface area contributed by atoms with Crippen molar-refractivity contribution in [2.75, 3.05) is 26.2 Å². The van der Waals surface area contributed by atoms with Gasteiger partial charge in [0.1, 0.15) is 18.2 Å². The first-order chi connectivity index (χ1) is 15.2. The summed E-state index contributed by atoms with van der Waals surface area (Å²) in [6, 6.07) is 12.7. The van der Waals surface area contributed by atoms with Crippen LogP contribution in [0, 0.1) is 6.92 Å². The summed E-state index contributed by atoms with van der Waals surface area (Å²) in [5.41, 5.74) is 5.33. The molecule has 2 aromatic carbocycles. The van der Waals surface area contributed by atoms with E-state index < -0.39 is 0 Å². The molecule has 3 heterocycles. The molecule has 2 amide bonds. The fourth-order valence-corrected chi connectivity index (χ4v) is 4.69. The second-order valence-corrected chi connectivity index (χ2v) is 8.68. The summed E-state index contributed by atoms with van der Waals surface area (Å²) in [5.74, 6) is 1.80. The molecular formula is C25H30N4O2. The molecule has 0 spiro atoms. The Labute approximate surface area is 183 Å². The van der Waals surface area contributed by atoms with Crippen LogP contribution < -0.4 is 4.74 Å². The van der Waals surface area contributed by atoms with E-state index in [-0.39, 0.29) is 6.03 Å². The van der Waals surface area contributed by atoms with Gasteiger partial charge in [-0.05, 0) is 55.2 Å². The van der Waals surface area contributed by atoms with E-state index in [1.165, 1.54) is 19.3 Å². The monoisotopic (exact) mass is 418 g/mol. The third-order valence-electron chi connectivity index (χ3n) is 6.37. The van der Waals surface area contributed by atoms with E-state index in [0.29, 0.717) is 19.7 Å². The lowest BCUT2D eigenvalue weighted by molar-refractivity contribution is 0.141. The Bertz CT molecular complexity index is 1080. The summed E-state index contributed by atoms with van der Waals surface area (Å²) >= 11 is 0. The maximum Gasteiger partial charge on any atom is 0.320 e. The van der Waals surface area contributed by atoms with Crippen molar-refractivity contribution in [1.29, 1.82) is 0 Å². The van der Waals surface area contributed by atoms with Crippen molar-refractivity contribution in [3.05, 3.63) is 47.8 Å². The summed E-state index contributed by atoms with van der Waals surface area (Å²) < 4.78 is 6.00. The van der Waals surface area contributed by atoms with Gasteiger partial charge in [-0.3, -0.25) is 0 Å². The predicted molar refractivity (Wildman–Crippen MR) is 122 cm³/mol. The van der Waals surface area contributed by atoms with Gasteiger partial charge in [0.05, 0.1) is 24.1 Å². The number of hydrogen-bond donors (Lipinski definition) is 1. The molecule has 6 heteroatoms. The van der Waals surface area contributed by atoms with Crippen LogP contribution >= 0.6 is 0 Å². The van der Waals surface area contributed by atoms with E-state index in [1.807, 2.05) is 28.9 Å². The predicted octanol–water partition coefficient (Wildman–Crippen LogP) is 5.12. The van der Waals surface area contributed by atoms with Crippen LogP contribution in [0.3, 0.4) is 0 Å². The zero-order valence-electron chi connectivity index (χ0n) is 18.2. The SMILES string of the molecule is Cc1nc2ccc(-c3ccc4c(c3)CN(C(=O)N3CCCCCCC3)CCO4)cc2[nH]1. The van der Waals surface area contributed by atoms with Crippen LogP contribution in [-0.2, 0) is 6.54 Å². The number of aryl methyl sites for hydroxylation is 1. The molecule has 3 aromatic rings. The van der Waals surface area contributed by atoms with Crippen molar-refractivity contribution >= 4 is 17.1 Å². The van der Waals surface area contributed by atoms with E-state index in [1.54, 1.807) is 0 Å². The number of nitrogens with one attached hydrogen (secondary N) is 1. The van der Waals surface area contributed by atoms with Crippen LogP contribution in [0.2, 0.25) is 0 Å².